The molecule has 0 saturated heterocycles. The molecule has 18 heavy (non-hydrogen) atoms. The highest BCUT2D eigenvalue weighted by Gasteiger charge is 2.04. The fourth-order valence-corrected chi connectivity index (χ4v) is 1.51. The monoisotopic (exact) mass is 242 g/mol. The van der Waals surface area contributed by atoms with Crippen molar-refractivity contribution in [1.82, 2.24) is 15.3 Å². The normalized spacial score (nSPS) is 10.0. The zero-order chi connectivity index (χ0) is 12.8. The Kier molecular flexibility index (Phi) is 3.86. The van der Waals surface area contributed by atoms with Crippen molar-refractivity contribution < 1.29 is 4.79 Å². The van der Waals surface area contributed by atoms with E-state index in [9.17, 15) is 4.79 Å². The summed E-state index contributed by atoms with van der Waals surface area (Å²) in [4.78, 5) is 19.6. The first-order valence-corrected chi connectivity index (χ1v) is 5.64. The second kappa shape index (κ2) is 5.77. The molecule has 0 spiro atoms. The molecule has 0 bridgehead atoms. The van der Waals surface area contributed by atoms with Gasteiger partial charge in [0.2, 0.25) is 0 Å². The molecule has 1 amide bonds. The van der Waals surface area contributed by atoms with Crippen LogP contribution in [-0.4, -0.2) is 22.4 Å². The van der Waals surface area contributed by atoms with Gasteiger partial charge in [0, 0.05) is 25.1 Å². The minimum atomic E-state index is -0.147. The van der Waals surface area contributed by atoms with Gasteiger partial charge in [-0.05, 0) is 30.2 Å². The highest BCUT2D eigenvalue weighted by Crippen LogP contribution is 2.01. The molecule has 5 nitrogen and oxygen atoms in total. The average Bonchev–Trinajstić information content (AvgIpc) is 2.40. The number of nitrogens with zero attached hydrogens (tertiary/aromatic N) is 2. The summed E-state index contributed by atoms with van der Waals surface area (Å²) in [5.41, 5.74) is 7.05. The van der Waals surface area contributed by atoms with E-state index in [4.69, 9.17) is 5.73 Å². The number of nitrogens with two attached hydrogens (primary N) is 1. The molecule has 2 aromatic rings. The highest BCUT2D eigenvalue weighted by molar-refractivity contribution is 5.93. The molecule has 3 N–H and O–H groups in total. The molecule has 0 radical (unpaired) electrons. The number of rotatable bonds is 4. The lowest BCUT2D eigenvalue weighted by atomic mass is 10.2. The van der Waals surface area contributed by atoms with Gasteiger partial charge in [-0.15, -0.1) is 0 Å². The molecule has 2 rings (SSSR count). The summed E-state index contributed by atoms with van der Waals surface area (Å²) in [6.45, 7) is 0.564. The molecular formula is C13H14N4O. The minimum Gasteiger partial charge on any atom is -0.384 e. The molecule has 0 aromatic carbocycles. The summed E-state index contributed by atoms with van der Waals surface area (Å²) in [5, 5.41) is 2.82. The van der Waals surface area contributed by atoms with Crippen molar-refractivity contribution in [3.05, 3.63) is 54.0 Å². The second-order valence-corrected chi connectivity index (χ2v) is 3.84. The maximum absolute atomic E-state index is 11.7. The van der Waals surface area contributed by atoms with Gasteiger partial charge in [-0.2, -0.15) is 0 Å². The van der Waals surface area contributed by atoms with Gasteiger partial charge in [-0.3, -0.25) is 9.78 Å². The maximum Gasteiger partial charge on any atom is 0.252 e. The number of hydrogen-bond donors (Lipinski definition) is 2. The highest BCUT2D eigenvalue weighted by atomic mass is 16.1. The largest absolute Gasteiger partial charge is 0.384 e. The SMILES string of the molecule is Nc1ccc(C(=O)NCCc2cccnc2)cn1. The number of aromatic nitrogens is 2. The summed E-state index contributed by atoms with van der Waals surface area (Å²) in [7, 11) is 0. The molecule has 2 heterocycles. The van der Waals surface area contributed by atoms with Crippen LogP contribution >= 0.6 is 0 Å². The Morgan fingerprint density at radius 2 is 2.17 bits per heavy atom. The quantitative estimate of drug-likeness (QED) is 0.839. The van der Waals surface area contributed by atoms with E-state index in [1.54, 1.807) is 24.5 Å². The fraction of sp³-hybridized carbons (Fsp3) is 0.154. The molecule has 2 aromatic heterocycles. The van der Waals surface area contributed by atoms with E-state index < -0.39 is 0 Å². The Labute approximate surface area is 105 Å². The number of anilines is 1. The van der Waals surface area contributed by atoms with Gasteiger partial charge in [0.1, 0.15) is 5.82 Å². The number of carbonyl (C=O) groups excluding carboxylic acids is 1. The van der Waals surface area contributed by atoms with E-state index in [0.29, 0.717) is 17.9 Å². The van der Waals surface area contributed by atoms with E-state index in [1.807, 2.05) is 12.1 Å². The van der Waals surface area contributed by atoms with Gasteiger partial charge in [-0.25, -0.2) is 4.98 Å². The lowest BCUT2D eigenvalue weighted by Gasteiger charge is -2.05. The topological polar surface area (TPSA) is 80.9 Å². The van der Waals surface area contributed by atoms with Gasteiger partial charge in [0.25, 0.3) is 5.91 Å². The number of nitrogen functional groups attached to an aromatic ring is 1. The summed E-state index contributed by atoms with van der Waals surface area (Å²) < 4.78 is 0. The zero-order valence-corrected chi connectivity index (χ0v) is 9.84. The predicted octanol–water partition coefficient (Wildman–Crippen LogP) is 1.03. The van der Waals surface area contributed by atoms with E-state index in [0.717, 1.165) is 12.0 Å². The first-order valence-electron chi connectivity index (χ1n) is 5.64. The van der Waals surface area contributed by atoms with E-state index in [-0.39, 0.29) is 5.91 Å². The van der Waals surface area contributed by atoms with E-state index in [2.05, 4.69) is 15.3 Å². The third-order valence-corrected chi connectivity index (χ3v) is 2.47. The molecule has 0 unspecified atom stereocenters. The van der Waals surface area contributed by atoms with Crippen LogP contribution in [0.3, 0.4) is 0 Å². The van der Waals surface area contributed by atoms with Gasteiger partial charge in [0.15, 0.2) is 0 Å². The summed E-state index contributed by atoms with van der Waals surface area (Å²) in [6, 6.07) is 7.11. The van der Waals surface area contributed by atoms with Crippen molar-refractivity contribution >= 4 is 11.7 Å². The Morgan fingerprint density at radius 3 is 2.83 bits per heavy atom. The van der Waals surface area contributed by atoms with Crippen molar-refractivity contribution in [2.45, 2.75) is 6.42 Å². The average molecular weight is 242 g/mol. The van der Waals surface area contributed by atoms with Crippen molar-refractivity contribution in [1.29, 1.82) is 0 Å². The van der Waals surface area contributed by atoms with Gasteiger partial charge in [-0.1, -0.05) is 6.07 Å². The lowest BCUT2D eigenvalue weighted by molar-refractivity contribution is 0.0954. The summed E-state index contributed by atoms with van der Waals surface area (Å²) in [6.07, 6.45) is 5.73. The van der Waals surface area contributed by atoms with Crippen LogP contribution in [0.4, 0.5) is 5.82 Å². The molecule has 0 aliphatic carbocycles. The van der Waals surface area contributed by atoms with Crippen LogP contribution in [0.1, 0.15) is 15.9 Å². The van der Waals surface area contributed by atoms with E-state index >= 15 is 0 Å². The van der Waals surface area contributed by atoms with Crippen molar-refractivity contribution in [2.75, 3.05) is 12.3 Å². The molecule has 92 valence electrons. The predicted molar refractivity (Wildman–Crippen MR) is 68.9 cm³/mol. The molecule has 0 saturated carbocycles. The van der Waals surface area contributed by atoms with Crippen LogP contribution in [-0.2, 0) is 6.42 Å². The third kappa shape index (κ3) is 3.28. The van der Waals surface area contributed by atoms with Crippen molar-refractivity contribution in [2.24, 2.45) is 0 Å². The molecule has 0 atom stereocenters. The Morgan fingerprint density at radius 1 is 1.28 bits per heavy atom. The molecule has 0 aliphatic heterocycles. The van der Waals surface area contributed by atoms with Crippen LogP contribution in [0.25, 0.3) is 0 Å². The Hall–Kier alpha value is -2.43. The number of hydrogen-bond acceptors (Lipinski definition) is 4. The third-order valence-electron chi connectivity index (χ3n) is 2.47. The van der Waals surface area contributed by atoms with Crippen LogP contribution in [0.2, 0.25) is 0 Å². The number of amides is 1. The van der Waals surface area contributed by atoms with Crippen LogP contribution in [0.15, 0.2) is 42.9 Å². The zero-order valence-electron chi connectivity index (χ0n) is 9.84. The second-order valence-electron chi connectivity index (χ2n) is 3.84. The van der Waals surface area contributed by atoms with Gasteiger partial charge < -0.3 is 11.1 Å². The lowest BCUT2D eigenvalue weighted by Crippen LogP contribution is -2.25. The summed E-state index contributed by atoms with van der Waals surface area (Å²) >= 11 is 0. The number of pyridine rings is 2. The van der Waals surface area contributed by atoms with E-state index in [1.165, 1.54) is 6.20 Å². The van der Waals surface area contributed by atoms with Crippen LogP contribution in [0, 0.1) is 0 Å². The van der Waals surface area contributed by atoms with Crippen molar-refractivity contribution in [3.8, 4) is 0 Å². The Bertz CT molecular complexity index is 510. The molecular weight excluding hydrogens is 228 g/mol. The number of nitrogens with one attached hydrogen (secondary N) is 1. The number of carbonyl (C=O) groups is 1. The van der Waals surface area contributed by atoms with Gasteiger partial charge >= 0.3 is 0 Å². The first-order chi connectivity index (χ1) is 8.75. The van der Waals surface area contributed by atoms with Crippen LogP contribution in [0.5, 0.6) is 0 Å². The van der Waals surface area contributed by atoms with Gasteiger partial charge in [0.05, 0.1) is 5.56 Å². The van der Waals surface area contributed by atoms with Crippen LogP contribution < -0.4 is 11.1 Å². The molecule has 0 fully saturated rings. The summed E-state index contributed by atoms with van der Waals surface area (Å²) in [5.74, 6) is 0.258. The van der Waals surface area contributed by atoms with Crippen molar-refractivity contribution in [3.63, 3.8) is 0 Å². The maximum atomic E-state index is 11.7. The first kappa shape index (κ1) is 12.0. The molecule has 0 aliphatic rings. The Balaban J connectivity index is 1.84. The fourth-order valence-electron chi connectivity index (χ4n) is 1.51. The molecule has 5 heteroatoms. The standard InChI is InChI=1S/C13H14N4O/c14-12-4-3-11(9-17-12)13(18)16-7-5-10-2-1-6-15-8-10/h1-4,6,8-9H,5,7H2,(H2,14,17)(H,16,18). The minimum absolute atomic E-state index is 0.147. The smallest absolute Gasteiger partial charge is 0.252 e.